The minimum Gasteiger partial charge on any atom is -0.486 e. The maximum Gasteiger partial charge on any atom is 0.216 e. The number of benzene rings is 4. The van der Waals surface area contributed by atoms with Gasteiger partial charge in [0.05, 0.1) is 5.58 Å². The van der Waals surface area contributed by atoms with Crippen LogP contribution in [-0.2, 0) is 32.9 Å². The predicted octanol–water partition coefficient (Wildman–Crippen LogP) is 11.9. The van der Waals surface area contributed by atoms with Gasteiger partial charge in [-0.05, 0) is 70.6 Å². The van der Waals surface area contributed by atoms with Crippen molar-refractivity contribution in [1.82, 2.24) is 15.0 Å². The third-order valence-electron chi connectivity index (χ3n) is 8.83. The SMILES string of the molecule is CC(C)(C)Cc1ccnc(-c2[c-]ccc3c2oc2nc(Cc4ccccc4)ccc23)c1.Cc1c[c-]c(-c2cc(-c3ccccc3)c(C)cn2)cc1.[Ir]. The summed E-state index contributed by atoms with van der Waals surface area (Å²) in [5.41, 5.74) is 13.8. The summed E-state index contributed by atoms with van der Waals surface area (Å²) >= 11 is 0. The number of furan rings is 1. The molecule has 0 aliphatic heterocycles. The van der Waals surface area contributed by atoms with Crippen LogP contribution >= 0.6 is 0 Å². The van der Waals surface area contributed by atoms with Crippen LogP contribution in [0.2, 0.25) is 0 Å². The quantitative estimate of drug-likeness (QED) is 0.156. The van der Waals surface area contributed by atoms with E-state index in [0.717, 1.165) is 57.4 Å². The average molecular weight is 856 g/mol. The van der Waals surface area contributed by atoms with Gasteiger partial charge in [0.1, 0.15) is 0 Å². The number of fused-ring (bicyclic) bond motifs is 3. The Labute approximate surface area is 320 Å². The fourth-order valence-corrected chi connectivity index (χ4v) is 6.35. The number of aromatic nitrogens is 3. The van der Waals surface area contributed by atoms with E-state index in [1.165, 1.54) is 33.4 Å². The molecule has 4 nitrogen and oxygen atoms in total. The fraction of sp³-hybridized carbons (Fsp3) is 0.170. The zero-order valence-electron chi connectivity index (χ0n) is 30.2. The third kappa shape index (κ3) is 8.62. The normalized spacial score (nSPS) is 11.2. The maximum absolute atomic E-state index is 6.27. The van der Waals surface area contributed by atoms with Crippen molar-refractivity contribution in [2.75, 3.05) is 0 Å². The zero-order chi connectivity index (χ0) is 35.4. The van der Waals surface area contributed by atoms with E-state index in [9.17, 15) is 0 Å². The second-order valence-electron chi connectivity index (χ2n) is 14.3. The van der Waals surface area contributed by atoms with Gasteiger partial charge in [-0.2, -0.15) is 0 Å². The van der Waals surface area contributed by atoms with Gasteiger partial charge in [-0.15, -0.1) is 53.6 Å². The van der Waals surface area contributed by atoms with Crippen molar-refractivity contribution >= 4 is 22.1 Å². The van der Waals surface area contributed by atoms with Gasteiger partial charge in [0.25, 0.3) is 0 Å². The van der Waals surface area contributed by atoms with E-state index >= 15 is 0 Å². The van der Waals surface area contributed by atoms with Crippen LogP contribution < -0.4 is 0 Å². The second kappa shape index (κ2) is 16.0. The molecule has 0 aliphatic rings. The largest absolute Gasteiger partial charge is 0.486 e. The summed E-state index contributed by atoms with van der Waals surface area (Å²) < 4.78 is 6.27. The van der Waals surface area contributed by atoms with E-state index in [1.54, 1.807) is 0 Å². The Hall–Kier alpha value is -5.22. The fourth-order valence-electron chi connectivity index (χ4n) is 6.35. The minimum atomic E-state index is 0. The Bertz CT molecular complexity index is 2410. The third-order valence-corrected chi connectivity index (χ3v) is 8.83. The smallest absolute Gasteiger partial charge is 0.216 e. The van der Waals surface area contributed by atoms with Gasteiger partial charge in [-0.1, -0.05) is 117 Å². The molecule has 8 rings (SSSR count). The number of aryl methyl sites for hydroxylation is 2. The molecule has 0 atom stereocenters. The summed E-state index contributed by atoms with van der Waals surface area (Å²) in [5.74, 6) is 0. The summed E-state index contributed by atoms with van der Waals surface area (Å²) in [6.07, 6.45) is 5.58. The number of hydrogen-bond acceptors (Lipinski definition) is 4. The molecular weight excluding hydrogens is 815 g/mol. The number of nitrogens with zero attached hydrogens (tertiary/aromatic N) is 3. The standard InChI is InChI=1S/C28H25N2O.C19H16N.Ir/c1-28(2,3)18-20-14-15-29-25(17-20)24-11-7-10-22-23-13-12-21(30-27(23)31-26(22)24)16-19-8-5-4-6-9-19;1-14-8-10-17(11-9-14)19-12-18(15(2)13-20-19)16-6-4-3-5-7-16;/h4-10,12-15,17H,16,18H2,1-3H3;3-10,12-13H,1-2H3;/q2*-1;. The second-order valence-corrected chi connectivity index (χ2v) is 14.3. The van der Waals surface area contributed by atoms with Gasteiger partial charge >= 0.3 is 0 Å². The van der Waals surface area contributed by atoms with E-state index in [4.69, 9.17) is 9.40 Å². The van der Waals surface area contributed by atoms with Crippen molar-refractivity contribution < 1.29 is 24.5 Å². The van der Waals surface area contributed by atoms with Gasteiger partial charge in [0, 0.05) is 50.0 Å². The summed E-state index contributed by atoms with van der Waals surface area (Å²) in [6, 6.07) is 48.2. The van der Waals surface area contributed by atoms with Crippen LogP contribution in [0.4, 0.5) is 0 Å². The molecule has 0 N–H and O–H groups in total. The van der Waals surface area contributed by atoms with Crippen molar-refractivity contribution in [3.05, 3.63) is 174 Å². The van der Waals surface area contributed by atoms with Gasteiger partial charge in [-0.25, -0.2) is 4.98 Å². The molecule has 0 aliphatic carbocycles. The van der Waals surface area contributed by atoms with E-state index in [2.05, 4.69) is 148 Å². The Morgan fingerprint density at radius 2 is 1.48 bits per heavy atom. The van der Waals surface area contributed by atoms with Crippen LogP contribution in [-0.4, -0.2) is 15.0 Å². The molecule has 4 heterocycles. The summed E-state index contributed by atoms with van der Waals surface area (Å²) in [5, 5.41) is 2.07. The van der Waals surface area contributed by atoms with Crippen molar-refractivity contribution in [2.24, 2.45) is 5.41 Å². The first-order valence-corrected chi connectivity index (χ1v) is 17.4. The minimum absolute atomic E-state index is 0. The number of pyridine rings is 3. The molecule has 5 heteroatoms. The molecular formula is C47H41IrN3O-2. The molecule has 0 amide bonds. The molecule has 0 spiro atoms. The van der Waals surface area contributed by atoms with Crippen LogP contribution in [0.1, 0.15) is 48.7 Å². The van der Waals surface area contributed by atoms with Gasteiger partial charge in [0.2, 0.25) is 5.71 Å². The van der Waals surface area contributed by atoms with E-state index in [0.29, 0.717) is 5.71 Å². The van der Waals surface area contributed by atoms with Crippen molar-refractivity contribution in [3.63, 3.8) is 0 Å². The Kier molecular flexibility index (Phi) is 11.2. The van der Waals surface area contributed by atoms with Crippen molar-refractivity contribution in [2.45, 2.75) is 47.5 Å². The molecule has 0 saturated heterocycles. The molecule has 4 aromatic carbocycles. The molecule has 0 fully saturated rings. The predicted molar refractivity (Wildman–Crippen MR) is 209 cm³/mol. The summed E-state index contributed by atoms with van der Waals surface area (Å²) in [6.45, 7) is 10.9. The number of hydrogen-bond donors (Lipinski definition) is 0. The molecule has 4 aromatic heterocycles. The molecule has 0 saturated carbocycles. The molecule has 0 unspecified atom stereocenters. The summed E-state index contributed by atoms with van der Waals surface area (Å²) in [7, 11) is 0. The maximum atomic E-state index is 6.27. The van der Waals surface area contributed by atoms with Crippen LogP contribution in [0.25, 0.3) is 55.7 Å². The first kappa shape index (κ1) is 36.6. The first-order chi connectivity index (χ1) is 24.7. The molecule has 261 valence electrons. The van der Waals surface area contributed by atoms with Gasteiger partial charge in [-0.3, -0.25) is 0 Å². The van der Waals surface area contributed by atoms with Crippen LogP contribution in [0.3, 0.4) is 0 Å². The zero-order valence-corrected chi connectivity index (χ0v) is 32.6. The van der Waals surface area contributed by atoms with Gasteiger partial charge in [0.15, 0.2) is 0 Å². The van der Waals surface area contributed by atoms with Crippen LogP contribution in [0.15, 0.2) is 138 Å². The number of rotatable bonds is 6. The summed E-state index contributed by atoms with van der Waals surface area (Å²) in [4.78, 5) is 14.0. The molecule has 0 bridgehead atoms. The average Bonchev–Trinajstić information content (AvgIpc) is 3.51. The van der Waals surface area contributed by atoms with Crippen LogP contribution in [0, 0.1) is 31.4 Å². The van der Waals surface area contributed by atoms with E-state index in [-0.39, 0.29) is 25.5 Å². The van der Waals surface area contributed by atoms with Crippen LogP contribution in [0.5, 0.6) is 0 Å². The first-order valence-electron chi connectivity index (χ1n) is 17.4. The monoisotopic (exact) mass is 856 g/mol. The molecule has 52 heavy (non-hydrogen) atoms. The Balaban J connectivity index is 0.000000192. The van der Waals surface area contributed by atoms with Crippen molar-refractivity contribution in [1.29, 1.82) is 0 Å². The van der Waals surface area contributed by atoms with Gasteiger partial charge < -0.3 is 14.4 Å². The molecule has 1 radical (unpaired) electrons. The Morgan fingerprint density at radius 3 is 2.21 bits per heavy atom. The molecule has 8 aromatic rings. The topological polar surface area (TPSA) is 51.8 Å². The van der Waals surface area contributed by atoms with Crippen molar-refractivity contribution in [3.8, 4) is 33.6 Å². The van der Waals surface area contributed by atoms with E-state index in [1.807, 2.05) is 42.7 Å². The Morgan fingerprint density at radius 1 is 0.712 bits per heavy atom. The van der Waals surface area contributed by atoms with E-state index < -0.39 is 0 Å².